The molecule has 1 aromatic rings. The second kappa shape index (κ2) is 7.27. The van der Waals surface area contributed by atoms with Gasteiger partial charge in [-0.3, -0.25) is 0 Å². The topological polar surface area (TPSA) is 58.2 Å². The van der Waals surface area contributed by atoms with E-state index in [1.54, 1.807) is 12.1 Å². The van der Waals surface area contributed by atoms with Gasteiger partial charge in [0.25, 0.3) is 0 Å². The molecular formula is C16H26N2O2S. The number of sulfonamides is 1. The molecule has 0 saturated heterocycles. The maximum absolute atomic E-state index is 12.4. The number of para-hydroxylation sites is 1. The molecule has 1 atom stereocenters. The molecule has 0 bridgehead atoms. The molecule has 4 nitrogen and oxygen atoms in total. The van der Waals surface area contributed by atoms with Gasteiger partial charge >= 0.3 is 0 Å². The van der Waals surface area contributed by atoms with Crippen molar-refractivity contribution in [1.29, 1.82) is 0 Å². The monoisotopic (exact) mass is 310 g/mol. The summed E-state index contributed by atoms with van der Waals surface area (Å²) in [5, 5.41) is 3.43. The maximum Gasteiger partial charge on any atom is 0.242 e. The third kappa shape index (κ3) is 4.71. The van der Waals surface area contributed by atoms with Crippen LogP contribution in [-0.2, 0) is 10.0 Å². The number of nitrogens with one attached hydrogen (secondary N) is 2. The Morgan fingerprint density at radius 2 is 1.95 bits per heavy atom. The van der Waals surface area contributed by atoms with Gasteiger partial charge < -0.3 is 5.32 Å². The Balaban J connectivity index is 2.15. The molecular weight excluding hydrogens is 284 g/mol. The average molecular weight is 310 g/mol. The predicted molar refractivity (Wildman–Crippen MR) is 87.0 cm³/mol. The minimum Gasteiger partial charge on any atom is -0.381 e. The normalized spacial score (nSPS) is 16.7. The summed E-state index contributed by atoms with van der Waals surface area (Å²) >= 11 is 0. The van der Waals surface area contributed by atoms with Crippen LogP contribution in [0.3, 0.4) is 0 Å². The molecule has 1 fully saturated rings. The zero-order valence-corrected chi connectivity index (χ0v) is 13.7. The molecule has 0 amide bonds. The third-order valence-corrected chi connectivity index (χ3v) is 5.41. The van der Waals surface area contributed by atoms with Gasteiger partial charge in [-0.05, 0) is 37.3 Å². The fourth-order valence-electron chi connectivity index (χ4n) is 2.44. The molecule has 0 heterocycles. The van der Waals surface area contributed by atoms with E-state index in [1.807, 2.05) is 19.1 Å². The van der Waals surface area contributed by atoms with Crippen LogP contribution in [-0.4, -0.2) is 21.0 Å². The van der Waals surface area contributed by atoms with Crippen molar-refractivity contribution >= 4 is 15.7 Å². The number of rotatable bonds is 9. The SMILES string of the molecule is CCCNS(=O)(=O)c1ccccc1NC(CC)CC1CC1. The summed E-state index contributed by atoms with van der Waals surface area (Å²) in [6.07, 6.45) is 5.56. The minimum atomic E-state index is -3.43. The van der Waals surface area contributed by atoms with E-state index < -0.39 is 10.0 Å². The highest BCUT2D eigenvalue weighted by Crippen LogP contribution is 2.35. The summed E-state index contributed by atoms with van der Waals surface area (Å²) in [7, 11) is -3.43. The Hall–Kier alpha value is -1.07. The van der Waals surface area contributed by atoms with Crippen LogP contribution < -0.4 is 10.0 Å². The van der Waals surface area contributed by atoms with Crippen LogP contribution in [0.5, 0.6) is 0 Å². The van der Waals surface area contributed by atoms with Crippen LogP contribution in [0.4, 0.5) is 5.69 Å². The lowest BCUT2D eigenvalue weighted by atomic mass is 10.1. The zero-order chi connectivity index (χ0) is 15.3. The van der Waals surface area contributed by atoms with Crippen molar-refractivity contribution < 1.29 is 8.42 Å². The lowest BCUT2D eigenvalue weighted by Crippen LogP contribution is -2.27. The smallest absolute Gasteiger partial charge is 0.242 e. The van der Waals surface area contributed by atoms with Crippen molar-refractivity contribution in [2.45, 2.75) is 56.9 Å². The Bertz CT molecular complexity index is 553. The van der Waals surface area contributed by atoms with Gasteiger partial charge in [0.1, 0.15) is 4.90 Å². The largest absolute Gasteiger partial charge is 0.381 e. The fraction of sp³-hybridized carbons (Fsp3) is 0.625. The molecule has 1 aromatic carbocycles. The summed E-state index contributed by atoms with van der Waals surface area (Å²) in [4.78, 5) is 0.354. The van der Waals surface area contributed by atoms with E-state index in [0.29, 0.717) is 23.2 Å². The van der Waals surface area contributed by atoms with Gasteiger partial charge in [0.2, 0.25) is 10.0 Å². The molecule has 1 aliphatic rings. The Morgan fingerprint density at radius 1 is 1.24 bits per heavy atom. The van der Waals surface area contributed by atoms with Crippen LogP contribution in [0.15, 0.2) is 29.2 Å². The number of hydrogen-bond acceptors (Lipinski definition) is 3. The molecule has 1 aliphatic carbocycles. The number of hydrogen-bond donors (Lipinski definition) is 2. The lowest BCUT2D eigenvalue weighted by molar-refractivity contribution is 0.576. The standard InChI is InChI=1S/C16H26N2O2S/c1-3-11-17-21(19,20)16-8-6-5-7-15(16)18-14(4-2)12-13-9-10-13/h5-8,13-14,17-18H,3-4,9-12H2,1-2H3. The van der Waals surface area contributed by atoms with Gasteiger partial charge in [-0.2, -0.15) is 0 Å². The molecule has 0 radical (unpaired) electrons. The van der Waals surface area contributed by atoms with E-state index in [2.05, 4.69) is 17.0 Å². The molecule has 0 spiro atoms. The first-order valence-corrected chi connectivity index (χ1v) is 9.40. The highest BCUT2D eigenvalue weighted by molar-refractivity contribution is 7.89. The Morgan fingerprint density at radius 3 is 2.57 bits per heavy atom. The lowest BCUT2D eigenvalue weighted by Gasteiger charge is -2.20. The number of benzene rings is 1. The van der Waals surface area contributed by atoms with Crippen molar-refractivity contribution in [3.05, 3.63) is 24.3 Å². The molecule has 1 unspecified atom stereocenters. The second-order valence-corrected chi connectivity index (χ2v) is 7.56. The van der Waals surface area contributed by atoms with E-state index in [9.17, 15) is 8.42 Å². The first-order valence-electron chi connectivity index (χ1n) is 7.92. The van der Waals surface area contributed by atoms with Crippen molar-refractivity contribution in [1.82, 2.24) is 4.72 Å². The van der Waals surface area contributed by atoms with Crippen LogP contribution in [0, 0.1) is 5.92 Å². The predicted octanol–water partition coefficient (Wildman–Crippen LogP) is 3.37. The molecule has 2 N–H and O–H groups in total. The van der Waals surface area contributed by atoms with E-state index in [0.717, 1.165) is 25.2 Å². The van der Waals surface area contributed by atoms with Crippen LogP contribution in [0.25, 0.3) is 0 Å². The van der Waals surface area contributed by atoms with Crippen LogP contribution in [0.2, 0.25) is 0 Å². The number of anilines is 1. The summed E-state index contributed by atoms with van der Waals surface area (Å²) < 4.78 is 27.4. The molecule has 0 aromatic heterocycles. The maximum atomic E-state index is 12.4. The molecule has 5 heteroatoms. The van der Waals surface area contributed by atoms with Gasteiger partial charge in [-0.1, -0.05) is 38.8 Å². The average Bonchev–Trinajstić information content (AvgIpc) is 3.29. The van der Waals surface area contributed by atoms with Crippen molar-refractivity contribution in [2.24, 2.45) is 5.92 Å². The molecule has 0 aliphatic heterocycles. The summed E-state index contributed by atoms with van der Waals surface area (Å²) in [5.74, 6) is 0.824. The quantitative estimate of drug-likeness (QED) is 0.735. The van der Waals surface area contributed by atoms with E-state index in [4.69, 9.17) is 0 Å². The second-order valence-electron chi connectivity index (χ2n) is 5.82. The van der Waals surface area contributed by atoms with E-state index >= 15 is 0 Å². The van der Waals surface area contributed by atoms with Gasteiger partial charge in [0, 0.05) is 12.6 Å². The molecule has 1 saturated carbocycles. The summed E-state index contributed by atoms with van der Waals surface area (Å²) in [5.41, 5.74) is 0.716. The third-order valence-electron chi connectivity index (χ3n) is 3.89. The molecule has 118 valence electrons. The summed E-state index contributed by atoms with van der Waals surface area (Å²) in [6, 6.07) is 7.53. The fourth-order valence-corrected chi connectivity index (χ4v) is 3.74. The highest BCUT2D eigenvalue weighted by Gasteiger charge is 2.26. The van der Waals surface area contributed by atoms with E-state index in [1.165, 1.54) is 12.8 Å². The highest BCUT2D eigenvalue weighted by atomic mass is 32.2. The Labute approximate surface area is 128 Å². The van der Waals surface area contributed by atoms with Gasteiger partial charge in [-0.25, -0.2) is 13.1 Å². The summed E-state index contributed by atoms with van der Waals surface area (Å²) in [6.45, 7) is 4.57. The molecule has 21 heavy (non-hydrogen) atoms. The van der Waals surface area contributed by atoms with Gasteiger partial charge in [0.15, 0.2) is 0 Å². The first kappa shape index (κ1) is 16.3. The van der Waals surface area contributed by atoms with Crippen molar-refractivity contribution in [2.75, 3.05) is 11.9 Å². The first-order chi connectivity index (χ1) is 10.1. The minimum absolute atomic E-state index is 0.347. The van der Waals surface area contributed by atoms with Crippen molar-refractivity contribution in [3.63, 3.8) is 0 Å². The zero-order valence-electron chi connectivity index (χ0n) is 12.9. The molecule has 2 rings (SSSR count). The van der Waals surface area contributed by atoms with Crippen LogP contribution in [0.1, 0.15) is 46.0 Å². The van der Waals surface area contributed by atoms with Crippen LogP contribution >= 0.6 is 0 Å². The van der Waals surface area contributed by atoms with Gasteiger partial charge in [-0.15, -0.1) is 0 Å². The van der Waals surface area contributed by atoms with Gasteiger partial charge in [0.05, 0.1) is 5.69 Å². The van der Waals surface area contributed by atoms with Crippen molar-refractivity contribution in [3.8, 4) is 0 Å². The Kier molecular flexibility index (Phi) is 5.65. The van der Waals surface area contributed by atoms with E-state index in [-0.39, 0.29) is 0 Å².